The molecule has 1 amide bonds. The topological polar surface area (TPSA) is 63.5 Å². The molecule has 1 aliphatic heterocycles. The van der Waals surface area contributed by atoms with E-state index in [4.69, 9.17) is 4.74 Å². The number of fused-ring (bicyclic) bond motifs is 2. The second-order valence-electron chi connectivity index (χ2n) is 9.39. The van der Waals surface area contributed by atoms with Crippen molar-refractivity contribution in [1.82, 2.24) is 24.8 Å². The summed E-state index contributed by atoms with van der Waals surface area (Å²) < 4.78 is 5.31. The molecule has 3 aromatic rings. The SMILES string of the molecule is COCCN(CC1CCCN(C2Cc3ccccc3C2)C1)C(=O)Cn1nc2ccccc2n1. The first kappa shape index (κ1) is 22.0. The zero-order chi connectivity index (χ0) is 22.6. The van der Waals surface area contributed by atoms with E-state index in [9.17, 15) is 4.79 Å². The molecule has 0 radical (unpaired) electrons. The van der Waals surface area contributed by atoms with E-state index in [0.717, 1.165) is 49.9 Å². The van der Waals surface area contributed by atoms with Gasteiger partial charge in [0.1, 0.15) is 17.6 Å². The number of hydrogen-bond donors (Lipinski definition) is 0. The lowest BCUT2D eigenvalue weighted by molar-refractivity contribution is -0.134. The van der Waals surface area contributed by atoms with E-state index in [1.807, 2.05) is 29.2 Å². The zero-order valence-corrected chi connectivity index (χ0v) is 19.4. The van der Waals surface area contributed by atoms with Gasteiger partial charge in [-0.1, -0.05) is 36.4 Å². The second kappa shape index (κ2) is 10.0. The number of hydrogen-bond acceptors (Lipinski definition) is 5. The lowest BCUT2D eigenvalue weighted by Crippen LogP contribution is -2.48. The van der Waals surface area contributed by atoms with Gasteiger partial charge in [-0.25, -0.2) is 0 Å². The standard InChI is InChI=1S/C26H33N5O2/c1-33-14-13-30(26(32)19-31-27-24-10-4-5-11-25(24)28-31)18-20-7-6-12-29(17-20)23-15-21-8-2-3-9-22(21)16-23/h2-5,8-11,20,23H,6-7,12-19H2,1H3. The Balaban J connectivity index is 1.22. The number of aromatic nitrogens is 3. The van der Waals surface area contributed by atoms with Gasteiger partial charge >= 0.3 is 0 Å². The fraction of sp³-hybridized carbons (Fsp3) is 0.500. The Bertz CT molecular complexity index is 1040. The summed E-state index contributed by atoms with van der Waals surface area (Å²) in [6.07, 6.45) is 4.65. The number of piperidine rings is 1. The molecular formula is C26H33N5O2. The number of nitrogens with zero attached hydrogens (tertiary/aromatic N) is 5. The molecule has 1 fully saturated rings. The third kappa shape index (κ3) is 5.09. The highest BCUT2D eigenvalue weighted by atomic mass is 16.5. The van der Waals surface area contributed by atoms with E-state index < -0.39 is 0 Å². The molecule has 2 heterocycles. The molecule has 5 rings (SSSR count). The zero-order valence-electron chi connectivity index (χ0n) is 19.4. The maximum absolute atomic E-state index is 13.2. The van der Waals surface area contributed by atoms with E-state index in [2.05, 4.69) is 39.4 Å². The summed E-state index contributed by atoms with van der Waals surface area (Å²) in [6.45, 7) is 4.27. The van der Waals surface area contributed by atoms with E-state index in [1.165, 1.54) is 22.3 Å². The number of carbonyl (C=O) groups is 1. The number of benzene rings is 2. The van der Waals surface area contributed by atoms with Gasteiger partial charge in [-0.05, 0) is 61.4 Å². The molecule has 174 valence electrons. The van der Waals surface area contributed by atoms with Crippen molar-refractivity contribution in [3.05, 3.63) is 59.7 Å². The van der Waals surface area contributed by atoms with Crippen LogP contribution in [0.1, 0.15) is 24.0 Å². The molecule has 1 unspecified atom stereocenters. The number of likely N-dealkylation sites (tertiary alicyclic amines) is 1. The number of methoxy groups -OCH3 is 1. The summed E-state index contributed by atoms with van der Waals surface area (Å²) in [5.74, 6) is 0.533. The predicted octanol–water partition coefficient (Wildman–Crippen LogP) is 2.79. The van der Waals surface area contributed by atoms with Crippen LogP contribution >= 0.6 is 0 Å². The first-order valence-corrected chi connectivity index (χ1v) is 12.1. The lowest BCUT2D eigenvalue weighted by atomic mass is 9.95. The number of carbonyl (C=O) groups excluding carboxylic acids is 1. The van der Waals surface area contributed by atoms with Crippen molar-refractivity contribution in [3.8, 4) is 0 Å². The van der Waals surface area contributed by atoms with Crippen LogP contribution < -0.4 is 0 Å². The van der Waals surface area contributed by atoms with E-state index >= 15 is 0 Å². The fourth-order valence-corrected chi connectivity index (χ4v) is 5.40. The van der Waals surface area contributed by atoms with E-state index in [1.54, 1.807) is 7.11 Å². The van der Waals surface area contributed by atoms with E-state index in [0.29, 0.717) is 25.1 Å². The normalized spacial score (nSPS) is 19.1. The fourth-order valence-electron chi connectivity index (χ4n) is 5.40. The van der Waals surface area contributed by atoms with Crippen LogP contribution in [-0.2, 0) is 28.9 Å². The Hall–Kier alpha value is -2.77. The van der Waals surface area contributed by atoms with Crippen LogP contribution in [0.3, 0.4) is 0 Å². The molecule has 1 atom stereocenters. The largest absolute Gasteiger partial charge is 0.383 e. The number of ether oxygens (including phenoxy) is 1. The first-order chi connectivity index (χ1) is 16.2. The van der Waals surface area contributed by atoms with Crippen molar-refractivity contribution < 1.29 is 9.53 Å². The van der Waals surface area contributed by atoms with Gasteiger partial charge in [-0.3, -0.25) is 9.69 Å². The van der Waals surface area contributed by atoms with Gasteiger partial charge in [0.15, 0.2) is 0 Å². The van der Waals surface area contributed by atoms with Crippen molar-refractivity contribution in [1.29, 1.82) is 0 Å². The van der Waals surface area contributed by atoms with Crippen LogP contribution in [-0.4, -0.2) is 76.6 Å². The molecule has 33 heavy (non-hydrogen) atoms. The van der Waals surface area contributed by atoms with Crippen LogP contribution in [0, 0.1) is 5.92 Å². The van der Waals surface area contributed by atoms with Crippen LogP contribution in [0.15, 0.2) is 48.5 Å². The maximum Gasteiger partial charge on any atom is 0.246 e. The van der Waals surface area contributed by atoms with Gasteiger partial charge < -0.3 is 9.64 Å². The van der Waals surface area contributed by atoms with Gasteiger partial charge in [0.2, 0.25) is 5.91 Å². The summed E-state index contributed by atoms with van der Waals surface area (Å²) in [7, 11) is 1.69. The van der Waals surface area contributed by atoms with Crippen LogP contribution in [0.5, 0.6) is 0 Å². The quantitative estimate of drug-likeness (QED) is 0.531. The number of amides is 1. The highest BCUT2D eigenvalue weighted by Crippen LogP contribution is 2.29. The summed E-state index contributed by atoms with van der Waals surface area (Å²) in [5, 5.41) is 8.93. The Kier molecular flexibility index (Phi) is 6.69. The van der Waals surface area contributed by atoms with Crippen LogP contribution in [0.2, 0.25) is 0 Å². The summed E-state index contributed by atoms with van der Waals surface area (Å²) in [4.78, 5) is 19.4. The molecule has 7 heteroatoms. The smallest absolute Gasteiger partial charge is 0.246 e. The molecule has 0 bridgehead atoms. The number of rotatable bonds is 8. The third-order valence-corrected chi connectivity index (χ3v) is 7.10. The van der Waals surface area contributed by atoms with Gasteiger partial charge in [-0.2, -0.15) is 15.0 Å². The molecule has 0 N–H and O–H groups in total. The molecular weight excluding hydrogens is 414 g/mol. The lowest BCUT2D eigenvalue weighted by Gasteiger charge is -2.38. The van der Waals surface area contributed by atoms with Crippen LogP contribution in [0.4, 0.5) is 0 Å². The maximum atomic E-state index is 13.2. The molecule has 0 saturated carbocycles. The Morgan fingerprint density at radius 1 is 1.06 bits per heavy atom. The molecule has 2 aromatic carbocycles. The van der Waals surface area contributed by atoms with Gasteiger partial charge in [0, 0.05) is 32.8 Å². The monoisotopic (exact) mass is 447 g/mol. The first-order valence-electron chi connectivity index (χ1n) is 12.1. The van der Waals surface area contributed by atoms with Crippen molar-refractivity contribution in [3.63, 3.8) is 0 Å². The van der Waals surface area contributed by atoms with E-state index in [-0.39, 0.29) is 12.5 Å². The van der Waals surface area contributed by atoms with Gasteiger partial charge in [-0.15, -0.1) is 0 Å². The average molecular weight is 448 g/mol. The molecule has 0 spiro atoms. The Morgan fingerprint density at radius 3 is 2.39 bits per heavy atom. The van der Waals surface area contributed by atoms with Crippen molar-refractivity contribution in [2.45, 2.75) is 38.3 Å². The molecule has 2 aliphatic rings. The van der Waals surface area contributed by atoms with Crippen molar-refractivity contribution in [2.75, 3.05) is 39.9 Å². The van der Waals surface area contributed by atoms with Gasteiger partial charge in [0.25, 0.3) is 0 Å². The van der Waals surface area contributed by atoms with Gasteiger partial charge in [0.05, 0.1) is 6.61 Å². The Morgan fingerprint density at radius 2 is 1.73 bits per heavy atom. The minimum atomic E-state index is 0.0535. The molecule has 7 nitrogen and oxygen atoms in total. The second-order valence-corrected chi connectivity index (χ2v) is 9.39. The molecule has 1 aromatic heterocycles. The van der Waals surface area contributed by atoms with Crippen molar-refractivity contribution in [2.24, 2.45) is 5.92 Å². The average Bonchev–Trinajstić information content (AvgIpc) is 3.45. The third-order valence-electron chi connectivity index (χ3n) is 7.10. The summed E-state index contributed by atoms with van der Waals surface area (Å²) >= 11 is 0. The van der Waals surface area contributed by atoms with Crippen LogP contribution in [0.25, 0.3) is 11.0 Å². The summed E-state index contributed by atoms with van der Waals surface area (Å²) in [5.41, 5.74) is 4.63. The molecule has 1 aliphatic carbocycles. The Labute approximate surface area is 195 Å². The van der Waals surface area contributed by atoms with Crippen molar-refractivity contribution >= 4 is 16.9 Å². The minimum Gasteiger partial charge on any atom is -0.383 e. The highest BCUT2D eigenvalue weighted by molar-refractivity contribution is 5.77. The highest BCUT2D eigenvalue weighted by Gasteiger charge is 2.31. The summed E-state index contributed by atoms with van der Waals surface area (Å²) in [6, 6.07) is 17.1. The molecule has 1 saturated heterocycles. The predicted molar refractivity (Wildman–Crippen MR) is 128 cm³/mol. The minimum absolute atomic E-state index is 0.0535.